The quantitative estimate of drug-likeness (QED) is 0.892. The van der Waals surface area contributed by atoms with Crippen molar-refractivity contribution in [3.05, 3.63) is 11.1 Å². The first-order valence-electron chi connectivity index (χ1n) is 6.60. The van der Waals surface area contributed by atoms with Crippen LogP contribution < -0.4 is 10.2 Å². The Balaban J connectivity index is 1.66. The molecule has 0 aromatic carbocycles. The summed E-state index contributed by atoms with van der Waals surface area (Å²) in [6.45, 7) is 6.75. The van der Waals surface area contributed by atoms with Gasteiger partial charge in [0.15, 0.2) is 5.13 Å². The highest BCUT2D eigenvalue weighted by atomic mass is 32.1. The summed E-state index contributed by atoms with van der Waals surface area (Å²) in [5.74, 6) is 0. The molecule has 1 aliphatic carbocycles. The van der Waals surface area contributed by atoms with Crippen molar-refractivity contribution < 1.29 is 0 Å². The van der Waals surface area contributed by atoms with E-state index < -0.39 is 0 Å². The first-order chi connectivity index (χ1) is 8.15. The lowest BCUT2D eigenvalue weighted by Crippen LogP contribution is -2.38. The monoisotopic (exact) mass is 251 g/mol. The van der Waals surface area contributed by atoms with Crippen LogP contribution in [0.4, 0.5) is 5.13 Å². The molecule has 1 aromatic heterocycles. The Bertz CT molecular complexity index is 395. The molecule has 2 fully saturated rings. The summed E-state index contributed by atoms with van der Waals surface area (Å²) in [6.07, 6.45) is 5.26. The van der Waals surface area contributed by atoms with E-state index >= 15 is 0 Å². The predicted molar refractivity (Wildman–Crippen MR) is 72.6 cm³/mol. The van der Waals surface area contributed by atoms with Crippen molar-refractivity contribution >= 4 is 16.5 Å². The number of aromatic nitrogens is 1. The minimum Gasteiger partial charge on any atom is -0.343 e. The highest BCUT2D eigenvalue weighted by Crippen LogP contribution is 2.35. The zero-order valence-electron chi connectivity index (χ0n) is 10.7. The molecule has 2 aliphatic rings. The Morgan fingerprint density at radius 3 is 3.00 bits per heavy atom. The lowest BCUT2D eigenvalue weighted by Gasteiger charge is -2.31. The van der Waals surface area contributed by atoms with E-state index in [0.29, 0.717) is 5.54 Å². The van der Waals surface area contributed by atoms with Gasteiger partial charge in [0.05, 0.1) is 5.69 Å². The van der Waals surface area contributed by atoms with E-state index in [1.165, 1.54) is 36.5 Å². The van der Waals surface area contributed by atoms with Gasteiger partial charge in [-0.25, -0.2) is 4.98 Å². The minimum absolute atomic E-state index is 0.291. The van der Waals surface area contributed by atoms with Crippen molar-refractivity contribution in [3.63, 3.8) is 0 Å². The molecule has 4 heteroatoms. The topological polar surface area (TPSA) is 28.2 Å². The molecule has 0 unspecified atom stereocenters. The first kappa shape index (κ1) is 11.5. The largest absolute Gasteiger partial charge is 0.343 e. The van der Waals surface area contributed by atoms with Gasteiger partial charge >= 0.3 is 0 Å². The molecule has 3 rings (SSSR count). The van der Waals surface area contributed by atoms with Crippen LogP contribution in [0.15, 0.2) is 5.38 Å². The maximum atomic E-state index is 4.77. The smallest absolute Gasteiger partial charge is 0.185 e. The lowest BCUT2D eigenvalue weighted by molar-refractivity contribution is 0.516. The normalized spacial score (nSPS) is 23.3. The molecular weight excluding hydrogens is 230 g/mol. The number of nitrogens with one attached hydrogen (secondary N) is 1. The van der Waals surface area contributed by atoms with Gasteiger partial charge in [-0.05, 0) is 39.5 Å². The number of nitrogens with zero attached hydrogens (tertiary/aromatic N) is 2. The second-order valence-corrected chi connectivity index (χ2v) is 6.68. The van der Waals surface area contributed by atoms with Crippen LogP contribution in [0, 0.1) is 0 Å². The van der Waals surface area contributed by atoms with Gasteiger partial charge < -0.3 is 10.2 Å². The van der Waals surface area contributed by atoms with Gasteiger partial charge in [-0.1, -0.05) is 0 Å². The summed E-state index contributed by atoms with van der Waals surface area (Å²) in [6, 6.07) is 0.767. The third-order valence-corrected chi connectivity index (χ3v) is 4.73. The number of hydrogen-bond donors (Lipinski definition) is 1. The van der Waals surface area contributed by atoms with Crippen LogP contribution in [0.3, 0.4) is 0 Å². The maximum Gasteiger partial charge on any atom is 0.185 e. The number of anilines is 1. The van der Waals surface area contributed by atoms with Crippen molar-refractivity contribution in [3.8, 4) is 0 Å². The van der Waals surface area contributed by atoms with E-state index in [1.807, 2.05) is 0 Å². The van der Waals surface area contributed by atoms with E-state index in [2.05, 4.69) is 29.4 Å². The van der Waals surface area contributed by atoms with Crippen molar-refractivity contribution in [1.29, 1.82) is 0 Å². The molecule has 0 amide bonds. The van der Waals surface area contributed by atoms with Gasteiger partial charge in [-0.15, -0.1) is 11.3 Å². The number of hydrogen-bond acceptors (Lipinski definition) is 4. The summed E-state index contributed by atoms with van der Waals surface area (Å²) in [7, 11) is 0. The van der Waals surface area contributed by atoms with Crippen LogP contribution in [-0.2, 0) is 6.54 Å². The average Bonchev–Trinajstić information content (AvgIpc) is 2.88. The Morgan fingerprint density at radius 2 is 2.35 bits per heavy atom. The van der Waals surface area contributed by atoms with Gasteiger partial charge in [0.2, 0.25) is 0 Å². The molecule has 1 aliphatic heterocycles. The van der Waals surface area contributed by atoms with Gasteiger partial charge in [0.1, 0.15) is 0 Å². The zero-order valence-corrected chi connectivity index (χ0v) is 11.5. The first-order valence-corrected chi connectivity index (χ1v) is 7.48. The van der Waals surface area contributed by atoms with E-state index in [0.717, 1.165) is 19.1 Å². The van der Waals surface area contributed by atoms with Crippen LogP contribution in [0.1, 0.15) is 45.2 Å². The molecule has 2 heterocycles. The SMILES string of the molecule is CC1(C)CCCN1c1nc(CNC2CC2)cs1. The Hall–Kier alpha value is -0.610. The summed E-state index contributed by atoms with van der Waals surface area (Å²) in [5.41, 5.74) is 1.50. The van der Waals surface area contributed by atoms with Crippen LogP contribution in [0.2, 0.25) is 0 Å². The van der Waals surface area contributed by atoms with E-state index in [4.69, 9.17) is 4.98 Å². The van der Waals surface area contributed by atoms with Crippen LogP contribution in [0.25, 0.3) is 0 Å². The molecule has 1 saturated carbocycles. The Kier molecular flexibility index (Phi) is 2.87. The summed E-state index contributed by atoms with van der Waals surface area (Å²) < 4.78 is 0. The fourth-order valence-electron chi connectivity index (χ4n) is 2.50. The predicted octanol–water partition coefficient (Wildman–Crippen LogP) is 2.77. The third kappa shape index (κ3) is 2.47. The summed E-state index contributed by atoms with van der Waals surface area (Å²) in [5, 5.41) is 6.94. The highest BCUT2D eigenvalue weighted by molar-refractivity contribution is 7.13. The van der Waals surface area contributed by atoms with Crippen LogP contribution >= 0.6 is 11.3 Å². The van der Waals surface area contributed by atoms with E-state index in [1.54, 1.807) is 11.3 Å². The van der Waals surface area contributed by atoms with Gasteiger partial charge in [0.25, 0.3) is 0 Å². The lowest BCUT2D eigenvalue weighted by atomic mass is 10.0. The molecule has 3 nitrogen and oxygen atoms in total. The molecule has 0 radical (unpaired) electrons. The molecule has 17 heavy (non-hydrogen) atoms. The summed E-state index contributed by atoms with van der Waals surface area (Å²) >= 11 is 1.80. The fourth-order valence-corrected chi connectivity index (χ4v) is 3.51. The van der Waals surface area contributed by atoms with Gasteiger partial charge in [-0.3, -0.25) is 0 Å². The Labute approximate surface area is 107 Å². The number of rotatable bonds is 4. The highest BCUT2D eigenvalue weighted by Gasteiger charge is 2.33. The maximum absolute atomic E-state index is 4.77. The number of thiazole rings is 1. The minimum atomic E-state index is 0.291. The van der Waals surface area contributed by atoms with Gasteiger partial charge in [-0.2, -0.15) is 0 Å². The summed E-state index contributed by atoms with van der Waals surface area (Å²) in [4.78, 5) is 7.24. The molecule has 94 valence electrons. The molecular formula is C13H21N3S. The van der Waals surface area contributed by atoms with Crippen LogP contribution in [-0.4, -0.2) is 23.1 Å². The molecule has 0 bridgehead atoms. The molecule has 0 spiro atoms. The molecule has 0 atom stereocenters. The van der Waals surface area contributed by atoms with Gasteiger partial charge in [0, 0.05) is 30.1 Å². The van der Waals surface area contributed by atoms with E-state index in [9.17, 15) is 0 Å². The Morgan fingerprint density at radius 1 is 1.53 bits per heavy atom. The van der Waals surface area contributed by atoms with Crippen molar-refractivity contribution in [2.45, 2.75) is 57.7 Å². The van der Waals surface area contributed by atoms with Crippen molar-refractivity contribution in [2.75, 3.05) is 11.4 Å². The van der Waals surface area contributed by atoms with Crippen LogP contribution in [0.5, 0.6) is 0 Å². The van der Waals surface area contributed by atoms with E-state index in [-0.39, 0.29) is 0 Å². The molecule has 1 saturated heterocycles. The third-order valence-electron chi connectivity index (χ3n) is 3.82. The second-order valence-electron chi connectivity index (χ2n) is 5.84. The van der Waals surface area contributed by atoms with Crippen molar-refractivity contribution in [1.82, 2.24) is 10.3 Å². The average molecular weight is 251 g/mol. The van der Waals surface area contributed by atoms with Crippen molar-refractivity contribution in [2.24, 2.45) is 0 Å². The molecule has 1 N–H and O–H groups in total. The standard InChI is InChI=1S/C13H21N3S/c1-13(2)6-3-7-16(13)12-15-11(9-17-12)8-14-10-4-5-10/h9-10,14H,3-8H2,1-2H3. The fraction of sp³-hybridized carbons (Fsp3) is 0.769. The second kappa shape index (κ2) is 4.25. The zero-order chi connectivity index (χ0) is 11.9. The molecule has 1 aromatic rings.